The summed E-state index contributed by atoms with van der Waals surface area (Å²) in [7, 11) is 0. The molecule has 0 aromatic heterocycles. The molecule has 11 atom stereocenters. The highest BCUT2D eigenvalue weighted by molar-refractivity contribution is 5.88. The molecular weight excluding hydrogens is 1180 g/mol. The van der Waals surface area contributed by atoms with Crippen LogP contribution in [0.15, 0.2) is 36.5 Å². The molecule has 0 N–H and O–H groups in total. The highest BCUT2D eigenvalue weighted by atomic mass is 16.6. The zero-order valence-electron chi connectivity index (χ0n) is 65.4. The van der Waals surface area contributed by atoms with Gasteiger partial charge < -0.3 is 28.4 Å². The summed E-state index contributed by atoms with van der Waals surface area (Å²) < 4.78 is 32.4. The van der Waals surface area contributed by atoms with Gasteiger partial charge in [0.25, 0.3) is 0 Å². The van der Waals surface area contributed by atoms with Gasteiger partial charge in [-0.15, -0.1) is 0 Å². The molecule has 6 aliphatic carbocycles. The molecule has 11 unspecified atom stereocenters. The van der Waals surface area contributed by atoms with E-state index in [1.165, 1.54) is 96.3 Å². The second-order valence-corrected chi connectivity index (χ2v) is 28.7. The summed E-state index contributed by atoms with van der Waals surface area (Å²) in [6.45, 7) is 63.4. The molecule has 0 saturated heterocycles. The van der Waals surface area contributed by atoms with E-state index in [1.54, 1.807) is 20.8 Å². The Bertz CT molecular complexity index is 2100. The fraction of sp³-hybridized carbons (Fsp3) is 0.854. The monoisotopic (exact) mass is 1330 g/mol. The third kappa shape index (κ3) is 33.1. The van der Waals surface area contributed by atoms with Crippen LogP contribution in [0.25, 0.3) is 0 Å². The van der Waals surface area contributed by atoms with Crippen molar-refractivity contribution in [2.75, 3.05) is 13.2 Å². The van der Waals surface area contributed by atoms with Crippen molar-refractivity contribution in [3.05, 3.63) is 36.5 Å². The largest absolute Gasteiger partial charge is 0.465 e. The lowest BCUT2D eigenvalue weighted by Crippen LogP contribution is -2.39. The van der Waals surface area contributed by atoms with Crippen molar-refractivity contribution < 1.29 is 57.2 Å². The molecule has 0 radical (unpaired) electrons. The van der Waals surface area contributed by atoms with Crippen LogP contribution in [0.4, 0.5) is 0 Å². The first kappa shape index (κ1) is 96.4. The Labute approximate surface area is 581 Å². The maximum absolute atomic E-state index is 11.9. The first-order valence-electron chi connectivity index (χ1n) is 37.9. The van der Waals surface area contributed by atoms with Crippen LogP contribution in [-0.2, 0) is 57.2 Å². The highest BCUT2D eigenvalue weighted by Gasteiger charge is 2.64. The van der Waals surface area contributed by atoms with Gasteiger partial charge in [0, 0.05) is 27.5 Å². The van der Waals surface area contributed by atoms with Crippen LogP contribution in [-0.4, -0.2) is 73.4 Å². The van der Waals surface area contributed by atoms with Crippen LogP contribution in [0.3, 0.4) is 0 Å². The first-order chi connectivity index (χ1) is 43.8. The number of esters is 6. The molecule has 554 valence electrons. The van der Waals surface area contributed by atoms with Gasteiger partial charge in [-0.3, -0.25) is 14.4 Å². The predicted octanol–water partition coefficient (Wildman–Crippen LogP) is 23.3. The van der Waals surface area contributed by atoms with Gasteiger partial charge in [0.1, 0.15) is 24.4 Å². The molecule has 12 heteroatoms. The number of carbonyl (C=O) groups is 6. The second-order valence-electron chi connectivity index (χ2n) is 28.7. The third-order valence-corrected chi connectivity index (χ3v) is 21.7. The highest BCUT2D eigenvalue weighted by Crippen LogP contribution is 2.67. The Balaban J connectivity index is -0.000000509. The van der Waals surface area contributed by atoms with E-state index in [0.717, 1.165) is 83.0 Å². The molecule has 6 saturated carbocycles. The third-order valence-electron chi connectivity index (χ3n) is 21.7. The van der Waals surface area contributed by atoms with Crippen LogP contribution in [0.1, 0.15) is 354 Å². The number of rotatable bonds is 25. The molecule has 94 heavy (non-hydrogen) atoms. The number of hydrogen-bond acceptors (Lipinski definition) is 12. The number of hydrogen-bond donors (Lipinski definition) is 0. The number of carbonyl (C=O) groups excluding carboxylic acids is 6. The molecule has 0 aliphatic heterocycles. The van der Waals surface area contributed by atoms with E-state index in [2.05, 4.69) is 89.0 Å². The molecule has 4 bridgehead atoms. The molecule has 0 spiro atoms. The maximum atomic E-state index is 11.9. The summed E-state index contributed by atoms with van der Waals surface area (Å²) in [5.74, 6) is 1.91. The molecule has 0 amide bonds. The normalized spacial score (nSPS) is 23.7. The molecule has 0 heterocycles. The average Bonchev–Trinajstić information content (AvgIpc) is 1.57. The second kappa shape index (κ2) is 52.1. The van der Waals surface area contributed by atoms with E-state index in [9.17, 15) is 28.8 Å². The predicted molar refractivity (Wildman–Crippen MR) is 396 cm³/mol. The summed E-state index contributed by atoms with van der Waals surface area (Å²) in [6.07, 6.45) is 31.3. The van der Waals surface area contributed by atoms with Crippen LogP contribution in [0.2, 0.25) is 0 Å². The maximum Gasteiger partial charge on any atom is 0.333 e. The van der Waals surface area contributed by atoms with E-state index in [0.29, 0.717) is 58.5 Å². The lowest BCUT2D eigenvalue weighted by Gasteiger charge is -2.38. The molecule has 6 fully saturated rings. The van der Waals surface area contributed by atoms with Crippen LogP contribution in [0.5, 0.6) is 0 Å². The Kier molecular flexibility index (Phi) is 53.5. The van der Waals surface area contributed by atoms with Gasteiger partial charge in [-0.1, -0.05) is 231 Å². The van der Waals surface area contributed by atoms with Crippen LogP contribution < -0.4 is 0 Å². The molecule has 6 aliphatic rings. The fourth-order valence-corrected chi connectivity index (χ4v) is 13.0. The average molecular weight is 1330 g/mol. The van der Waals surface area contributed by atoms with Crippen molar-refractivity contribution in [1.29, 1.82) is 0 Å². The molecule has 0 aromatic carbocycles. The van der Waals surface area contributed by atoms with E-state index in [1.807, 2.05) is 83.1 Å². The minimum atomic E-state index is -0.264. The number of fused-ring (bicyclic) bond motifs is 4. The Morgan fingerprint density at radius 1 is 0.415 bits per heavy atom. The number of ether oxygens (including phenoxy) is 6. The smallest absolute Gasteiger partial charge is 0.333 e. The standard InChI is InChI=1S/C15H26O2.C14H22O2.C13H26O2.C12H22O2.C11H20O2.C10H16O2.3C2H6.CH4/c1-6-10(2)13(16)17-12-9-11-7-8-15(12,5)14(11,3)4;1-9(2)12(15)16-11-8-10-6-7-14(11,5)13(10,3)4;1-5-8-9-12(7-3)10-15-13(14)11(4)6-2;1-5-7-8-11(6-2)9-14-12(13)10(3)4;1-3-9(2)11(12)13-10-7-5-4-6-8-10;1-8(2)10(11)12-9-6-4-3-5-7-9;3*1-2;/h10-12H,6-9H2,1-5H3;10-11H,1,6-8H2,2-5H3;11-12H,5-10H2,1-4H3;11H,3,5-9H2,1-2,4H3;9-10H,3-8H2,1-2H3;9H,1,3-7H2,2H3;3*1-2H3;1H4. The quantitative estimate of drug-likeness (QED) is 0.0485. The molecule has 6 rings (SSSR count). The van der Waals surface area contributed by atoms with Gasteiger partial charge in [-0.05, 0) is 177 Å². The van der Waals surface area contributed by atoms with Crippen molar-refractivity contribution in [2.24, 2.45) is 63.1 Å². The Hall–Kier alpha value is -3.96. The molecule has 12 nitrogen and oxygen atoms in total. The zero-order valence-corrected chi connectivity index (χ0v) is 65.4. The summed E-state index contributed by atoms with van der Waals surface area (Å²) in [5.41, 5.74) is 2.46. The molecular formula is C82H154O12. The van der Waals surface area contributed by atoms with Crippen molar-refractivity contribution in [2.45, 2.75) is 378 Å². The fourth-order valence-electron chi connectivity index (χ4n) is 13.0. The summed E-state index contributed by atoms with van der Waals surface area (Å²) in [5, 5.41) is 0. The lowest BCUT2D eigenvalue weighted by molar-refractivity contribution is -0.161. The summed E-state index contributed by atoms with van der Waals surface area (Å²) in [6, 6.07) is 0. The first-order valence-corrected chi connectivity index (χ1v) is 37.9. The van der Waals surface area contributed by atoms with Crippen molar-refractivity contribution in [3.8, 4) is 0 Å². The van der Waals surface area contributed by atoms with E-state index < -0.39 is 0 Å². The summed E-state index contributed by atoms with van der Waals surface area (Å²) >= 11 is 0. The zero-order chi connectivity index (χ0) is 72.3. The number of unbranched alkanes of at least 4 members (excludes halogenated alkanes) is 2. The van der Waals surface area contributed by atoms with Gasteiger partial charge in [-0.2, -0.15) is 0 Å². The Morgan fingerprint density at radius 3 is 1.04 bits per heavy atom. The van der Waals surface area contributed by atoms with Crippen molar-refractivity contribution in [3.63, 3.8) is 0 Å². The van der Waals surface area contributed by atoms with E-state index in [4.69, 9.17) is 28.4 Å². The van der Waals surface area contributed by atoms with Gasteiger partial charge in [0.2, 0.25) is 0 Å². The minimum Gasteiger partial charge on any atom is -0.465 e. The van der Waals surface area contributed by atoms with Gasteiger partial charge in [-0.25, -0.2) is 14.4 Å². The topological polar surface area (TPSA) is 158 Å². The van der Waals surface area contributed by atoms with Gasteiger partial charge in [0.15, 0.2) is 0 Å². The van der Waals surface area contributed by atoms with E-state index in [-0.39, 0.29) is 96.2 Å². The molecule has 0 aromatic rings. The lowest BCUT2D eigenvalue weighted by atomic mass is 9.70. The van der Waals surface area contributed by atoms with Crippen LogP contribution in [0, 0.1) is 63.1 Å². The summed E-state index contributed by atoms with van der Waals surface area (Å²) in [4.78, 5) is 68.6. The van der Waals surface area contributed by atoms with Gasteiger partial charge >= 0.3 is 35.8 Å². The SMILES string of the molecule is C.C=C(C)C(=O)OC1CC2CCC1(C)C2(C)C.C=C(C)C(=O)OC1CCCCC1.C=C(C)C(=O)OCC(CC)CCCC.CC.CC.CC.CCC(C)C(=O)OC1CC2CCC1(C)C2(C)C.CCC(C)C(=O)OC1CCCCC1.CCCCC(CC)COC(=O)C(C)CC. The van der Waals surface area contributed by atoms with E-state index >= 15 is 0 Å². The van der Waals surface area contributed by atoms with Crippen LogP contribution >= 0.6 is 0 Å². The Morgan fingerprint density at radius 2 is 0.734 bits per heavy atom. The van der Waals surface area contributed by atoms with Gasteiger partial charge in [0.05, 0.1) is 31.0 Å². The van der Waals surface area contributed by atoms with Crippen molar-refractivity contribution >= 4 is 35.8 Å². The van der Waals surface area contributed by atoms with Crippen molar-refractivity contribution in [1.82, 2.24) is 0 Å². The minimum absolute atomic E-state index is 0.